The van der Waals surface area contributed by atoms with Crippen molar-refractivity contribution in [3.8, 4) is 0 Å². The lowest BCUT2D eigenvalue weighted by Crippen LogP contribution is -2.41. The summed E-state index contributed by atoms with van der Waals surface area (Å²) in [6.45, 7) is 3.19. The van der Waals surface area contributed by atoms with E-state index >= 15 is 0 Å². The molecule has 0 aromatic heterocycles. The number of benzene rings is 1. The van der Waals surface area contributed by atoms with Crippen molar-refractivity contribution in [3.63, 3.8) is 0 Å². The Morgan fingerprint density at radius 1 is 1.27 bits per heavy atom. The van der Waals surface area contributed by atoms with Gasteiger partial charge in [-0.15, -0.1) is 12.4 Å². The fourth-order valence-electron chi connectivity index (χ4n) is 2.65. The van der Waals surface area contributed by atoms with E-state index in [1.807, 2.05) is 18.0 Å². The number of amides is 1. The first-order valence-corrected chi connectivity index (χ1v) is 7.87. The van der Waals surface area contributed by atoms with E-state index in [-0.39, 0.29) is 18.3 Å². The summed E-state index contributed by atoms with van der Waals surface area (Å²) in [5.41, 5.74) is 1.32. The SMILES string of the molecule is CNCCC(=O)N1CCC(OCCc2ccccc2)CC1.Cl. The first kappa shape index (κ1) is 18.9. The molecular formula is C17H27ClN2O2. The normalized spacial score (nSPS) is 15.4. The molecule has 0 atom stereocenters. The lowest BCUT2D eigenvalue weighted by molar-refractivity contribution is -0.133. The molecule has 4 nitrogen and oxygen atoms in total. The average molecular weight is 327 g/mol. The molecule has 1 aliphatic rings. The van der Waals surface area contributed by atoms with Gasteiger partial charge in [-0.05, 0) is 31.9 Å². The third-order valence-corrected chi connectivity index (χ3v) is 3.97. The first-order chi connectivity index (χ1) is 10.3. The Balaban J connectivity index is 0.00000242. The van der Waals surface area contributed by atoms with Crippen LogP contribution in [0.5, 0.6) is 0 Å². The fourth-order valence-corrected chi connectivity index (χ4v) is 2.65. The molecule has 0 unspecified atom stereocenters. The molecule has 1 aromatic carbocycles. The number of nitrogens with one attached hydrogen (secondary N) is 1. The molecule has 124 valence electrons. The Kier molecular flexibility index (Phi) is 9.13. The number of piperidine rings is 1. The van der Waals surface area contributed by atoms with E-state index in [1.165, 1.54) is 5.56 Å². The van der Waals surface area contributed by atoms with E-state index in [0.29, 0.717) is 12.5 Å². The smallest absolute Gasteiger partial charge is 0.223 e. The van der Waals surface area contributed by atoms with Crippen LogP contribution in [-0.2, 0) is 16.0 Å². The van der Waals surface area contributed by atoms with Gasteiger partial charge >= 0.3 is 0 Å². The fraction of sp³-hybridized carbons (Fsp3) is 0.588. The molecule has 1 fully saturated rings. The van der Waals surface area contributed by atoms with Crippen LogP contribution in [0.3, 0.4) is 0 Å². The zero-order chi connectivity index (χ0) is 14.9. The standard InChI is InChI=1S/C17H26N2O2.ClH/c1-18-11-7-17(20)19-12-8-16(9-13-19)21-14-10-15-5-3-2-4-6-15;/h2-6,16,18H,7-14H2,1H3;1H. The van der Waals surface area contributed by atoms with Crippen LogP contribution in [0.1, 0.15) is 24.8 Å². The molecule has 0 aliphatic carbocycles. The lowest BCUT2D eigenvalue weighted by atomic mass is 10.1. The van der Waals surface area contributed by atoms with Crippen molar-refractivity contribution in [2.45, 2.75) is 31.8 Å². The van der Waals surface area contributed by atoms with Crippen molar-refractivity contribution < 1.29 is 9.53 Å². The summed E-state index contributed by atoms with van der Waals surface area (Å²) in [4.78, 5) is 13.9. The average Bonchev–Trinajstić information content (AvgIpc) is 2.54. The van der Waals surface area contributed by atoms with Crippen molar-refractivity contribution in [2.24, 2.45) is 0 Å². The van der Waals surface area contributed by atoms with E-state index < -0.39 is 0 Å². The van der Waals surface area contributed by atoms with Crippen LogP contribution in [0.2, 0.25) is 0 Å². The van der Waals surface area contributed by atoms with Gasteiger partial charge < -0.3 is 15.0 Å². The minimum absolute atomic E-state index is 0. The molecule has 2 rings (SSSR count). The molecule has 1 amide bonds. The van der Waals surface area contributed by atoms with Crippen LogP contribution < -0.4 is 5.32 Å². The molecule has 1 N–H and O–H groups in total. The van der Waals surface area contributed by atoms with Crippen molar-refractivity contribution in [1.82, 2.24) is 10.2 Å². The maximum atomic E-state index is 11.9. The van der Waals surface area contributed by atoms with Crippen molar-refractivity contribution in [1.29, 1.82) is 0 Å². The van der Waals surface area contributed by atoms with Crippen molar-refractivity contribution in [2.75, 3.05) is 33.3 Å². The van der Waals surface area contributed by atoms with Crippen LogP contribution in [0.15, 0.2) is 30.3 Å². The third kappa shape index (κ3) is 6.34. The maximum Gasteiger partial charge on any atom is 0.223 e. The molecule has 0 bridgehead atoms. The molecule has 0 radical (unpaired) electrons. The third-order valence-electron chi connectivity index (χ3n) is 3.97. The number of hydrogen-bond acceptors (Lipinski definition) is 3. The van der Waals surface area contributed by atoms with E-state index in [9.17, 15) is 4.79 Å². The second kappa shape index (κ2) is 10.6. The molecule has 22 heavy (non-hydrogen) atoms. The highest BCUT2D eigenvalue weighted by molar-refractivity contribution is 5.85. The van der Waals surface area contributed by atoms with Gasteiger partial charge in [0.2, 0.25) is 5.91 Å². The van der Waals surface area contributed by atoms with E-state index in [1.54, 1.807) is 0 Å². The largest absolute Gasteiger partial charge is 0.378 e. The molecule has 0 saturated carbocycles. The Labute approximate surface area is 139 Å². The van der Waals surface area contributed by atoms with Gasteiger partial charge in [-0.3, -0.25) is 4.79 Å². The summed E-state index contributed by atoms with van der Waals surface area (Å²) in [5.74, 6) is 0.257. The van der Waals surface area contributed by atoms with Crippen molar-refractivity contribution >= 4 is 18.3 Å². The molecule has 1 aromatic rings. The van der Waals surface area contributed by atoms with Crippen LogP contribution in [0.4, 0.5) is 0 Å². The van der Waals surface area contributed by atoms with Gasteiger partial charge in [-0.25, -0.2) is 0 Å². The highest BCUT2D eigenvalue weighted by Gasteiger charge is 2.22. The van der Waals surface area contributed by atoms with Gasteiger partial charge in [0, 0.05) is 26.1 Å². The number of likely N-dealkylation sites (tertiary alicyclic amines) is 1. The van der Waals surface area contributed by atoms with Gasteiger partial charge in [-0.1, -0.05) is 30.3 Å². The predicted molar refractivity (Wildman–Crippen MR) is 91.5 cm³/mol. The summed E-state index contributed by atoms with van der Waals surface area (Å²) in [7, 11) is 1.88. The van der Waals surface area contributed by atoms with Gasteiger partial charge in [0.1, 0.15) is 0 Å². The van der Waals surface area contributed by atoms with Gasteiger partial charge in [-0.2, -0.15) is 0 Å². The molecule has 5 heteroatoms. The number of nitrogens with zero attached hydrogens (tertiary/aromatic N) is 1. The van der Waals surface area contributed by atoms with E-state index in [2.05, 4.69) is 29.6 Å². The number of rotatable bonds is 7. The predicted octanol–water partition coefficient (Wildman–Crippen LogP) is 2.27. The number of carbonyl (C=O) groups is 1. The Hall–Kier alpha value is -1.10. The Morgan fingerprint density at radius 3 is 2.59 bits per heavy atom. The Morgan fingerprint density at radius 2 is 1.95 bits per heavy atom. The zero-order valence-electron chi connectivity index (χ0n) is 13.3. The second-order valence-corrected chi connectivity index (χ2v) is 5.54. The number of hydrogen-bond donors (Lipinski definition) is 1. The summed E-state index contributed by atoms with van der Waals surface area (Å²) < 4.78 is 5.95. The van der Waals surface area contributed by atoms with Gasteiger partial charge in [0.05, 0.1) is 12.7 Å². The monoisotopic (exact) mass is 326 g/mol. The highest BCUT2D eigenvalue weighted by Crippen LogP contribution is 2.15. The molecular weight excluding hydrogens is 300 g/mol. The zero-order valence-corrected chi connectivity index (χ0v) is 14.1. The molecule has 1 heterocycles. The maximum absolute atomic E-state index is 11.9. The lowest BCUT2D eigenvalue weighted by Gasteiger charge is -2.32. The first-order valence-electron chi connectivity index (χ1n) is 7.87. The van der Waals surface area contributed by atoms with Crippen LogP contribution >= 0.6 is 12.4 Å². The van der Waals surface area contributed by atoms with Gasteiger partial charge in [0.25, 0.3) is 0 Å². The van der Waals surface area contributed by atoms with E-state index in [0.717, 1.165) is 45.5 Å². The second-order valence-electron chi connectivity index (χ2n) is 5.54. The highest BCUT2D eigenvalue weighted by atomic mass is 35.5. The topological polar surface area (TPSA) is 41.6 Å². The molecule has 1 saturated heterocycles. The van der Waals surface area contributed by atoms with Crippen molar-refractivity contribution in [3.05, 3.63) is 35.9 Å². The van der Waals surface area contributed by atoms with Crippen LogP contribution in [0.25, 0.3) is 0 Å². The quantitative estimate of drug-likeness (QED) is 0.835. The minimum Gasteiger partial charge on any atom is -0.378 e. The molecule has 1 aliphatic heterocycles. The van der Waals surface area contributed by atoms with Gasteiger partial charge in [0.15, 0.2) is 0 Å². The Bertz CT molecular complexity index is 420. The van der Waals surface area contributed by atoms with Crippen LogP contribution in [-0.4, -0.2) is 50.2 Å². The van der Waals surface area contributed by atoms with E-state index in [4.69, 9.17) is 4.74 Å². The summed E-state index contributed by atoms with van der Waals surface area (Å²) in [6.07, 6.45) is 3.78. The summed E-state index contributed by atoms with van der Waals surface area (Å²) >= 11 is 0. The number of ether oxygens (including phenoxy) is 1. The molecule has 0 spiro atoms. The number of halogens is 1. The minimum atomic E-state index is 0. The summed E-state index contributed by atoms with van der Waals surface area (Å²) in [5, 5.41) is 3.02. The van der Waals surface area contributed by atoms with Crippen LogP contribution in [0, 0.1) is 0 Å². The number of carbonyl (C=O) groups excluding carboxylic acids is 1. The summed E-state index contributed by atoms with van der Waals surface area (Å²) in [6, 6.07) is 10.4.